The van der Waals surface area contributed by atoms with E-state index in [1.165, 1.54) is 43.2 Å². The fourth-order valence-electron chi connectivity index (χ4n) is 6.26. The van der Waals surface area contributed by atoms with E-state index in [9.17, 15) is 4.79 Å². The van der Waals surface area contributed by atoms with Gasteiger partial charge in [0, 0.05) is 0 Å². The molecular weight excluding hydrogens is 392 g/mol. The van der Waals surface area contributed by atoms with Gasteiger partial charge in [0.15, 0.2) is 0 Å². The molecule has 0 saturated heterocycles. The molecule has 0 N–H and O–H groups in total. The Hall–Kier alpha value is -2.35. The smallest absolute Gasteiger partial charge is 0.343 e. The molecule has 1 saturated carbocycles. The molecule has 0 bridgehead atoms. The minimum Gasteiger partial charge on any atom is -0.423 e. The van der Waals surface area contributed by atoms with E-state index < -0.39 is 0 Å². The lowest BCUT2D eigenvalue weighted by molar-refractivity contribution is 0.0733. The second-order valence-corrected chi connectivity index (χ2v) is 10.7. The van der Waals surface area contributed by atoms with Crippen LogP contribution < -0.4 is 4.74 Å². The van der Waals surface area contributed by atoms with Crippen LogP contribution in [0.5, 0.6) is 5.75 Å². The molecule has 32 heavy (non-hydrogen) atoms. The highest BCUT2D eigenvalue weighted by Gasteiger charge is 2.49. The number of ether oxygens (including phenoxy) is 1. The summed E-state index contributed by atoms with van der Waals surface area (Å²) in [6.45, 7) is 11.7. The van der Waals surface area contributed by atoms with Gasteiger partial charge in [0.25, 0.3) is 0 Å². The highest BCUT2D eigenvalue weighted by molar-refractivity contribution is 5.91. The predicted molar refractivity (Wildman–Crippen MR) is 133 cm³/mol. The summed E-state index contributed by atoms with van der Waals surface area (Å²) in [5.41, 5.74) is 4.55. The summed E-state index contributed by atoms with van der Waals surface area (Å²) in [6.07, 6.45) is 11.3. The highest BCUT2D eigenvalue weighted by Crippen LogP contribution is 2.60. The molecule has 2 aromatic carbocycles. The van der Waals surface area contributed by atoms with Crippen molar-refractivity contribution >= 4 is 12.0 Å². The van der Waals surface area contributed by atoms with Crippen molar-refractivity contribution in [2.24, 2.45) is 23.2 Å². The van der Waals surface area contributed by atoms with Gasteiger partial charge in [0.1, 0.15) is 5.75 Å². The molecule has 4 atom stereocenters. The van der Waals surface area contributed by atoms with Crippen LogP contribution in [0.2, 0.25) is 0 Å². The Morgan fingerprint density at radius 3 is 2.53 bits per heavy atom. The number of carbonyl (C=O) groups excluding carboxylic acids is 1. The van der Waals surface area contributed by atoms with Gasteiger partial charge in [0.05, 0.1) is 5.56 Å². The van der Waals surface area contributed by atoms with Gasteiger partial charge in [-0.2, -0.15) is 0 Å². The molecule has 0 aliphatic heterocycles. The van der Waals surface area contributed by atoms with E-state index in [-0.39, 0.29) is 11.4 Å². The zero-order chi connectivity index (χ0) is 22.9. The van der Waals surface area contributed by atoms with Crippen molar-refractivity contribution in [3.05, 3.63) is 70.8 Å². The Labute approximate surface area is 194 Å². The van der Waals surface area contributed by atoms with Gasteiger partial charge < -0.3 is 4.74 Å². The average molecular weight is 431 g/mol. The van der Waals surface area contributed by atoms with Crippen LogP contribution >= 0.6 is 0 Å². The topological polar surface area (TPSA) is 26.3 Å². The first-order chi connectivity index (χ1) is 15.3. The van der Waals surface area contributed by atoms with Crippen LogP contribution in [0.15, 0.2) is 48.5 Å². The third-order valence-electron chi connectivity index (χ3n) is 8.14. The standard InChI is InChI=1S/C30H38O2/c1-20(2)10-9-11-21(3)26-15-16-27-25-14-17-28(22(4)24(25)18-19-30(26,27)5)32-29(31)23-12-7-6-8-13-23/h6-8,12-14,17-21,26-27H,9-11,15-16H2,1-5H3/t21-,26+,27-,30-/m0/s1. The number of rotatable bonds is 7. The second kappa shape index (κ2) is 9.25. The van der Waals surface area contributed by atoms with Crippen molar-refractivity contribution < 1.29 is 9.53 Å². The molecule has 2 aliphatic rings. The van der Waals surface area contributed by atoms with Crippen molar-refractivity contribution in [3.8, 4) is 5.75 Å². The minimum atomic E-state index is -0.297. The summed E-state index contributed by atoms with van der Waals surface area (Å²) in [7, 11) is 0. The van der Waals surface area contributed by atoms with Crippen LogP contribution in [0.3, 0.4) is 0 Å². The zero-order valence-electron chi connectivity index (χ0n) is 20.4. The zero-order valence-corrected chi connectivity index (χ0v) is 20.4. The maximum Gasteiger partial charge on any atom is 0.343 e. The van der Waals surface area contributed by atoms with Crippen LogP contribution in [0, 0.1) is 30.1 Å². The largest absolute Gasteiger partial charge is 0.423 e. The fourth-order valence-corrected chi connectivity index (χ4v) is 6.26. The van der Waals surface area contributed by atoms with E-state index >= 15 is 0 Å². The molecular formula is C30H38O2. The van der Waals surface area contributed by atoms with E-state index in [4.69, 9.17) is 4.74 Å². The third kappa shape index (κ3) is 4.29. The molecule has 2 aromatic rings. The molecule has 2 nitrogen and oxygen atoms in total. The number of carbonyl (C=O) groups is 1. The van der Waals surface area contributed by atoms with Gasteiger partial charge in [-0.05, 0) is 83.7 Å². The maximum atomic E-state index is 12.6. The lowest BCUT2D eigenvalue weighted by Crippen LogP contribution is -2.31. The number of fused-ring (bicyclic) bond motifs is 3. The molecule has 0 spiro atoms. The summed E-state index contributed by atoms with van der Waals surface area (Å²) in [4.78, 5) is 12.6. The molecule has 0 amide bonds. The molecule has 2 aliphatic carbocycles. The van der Waals surface area contributed by atoms with Crippen molar-refractivity contribution in [1.29, 1.82) is 0 Å². The van der Waals surface area contributed by atoms with Crippen molar-refractivity contribution in [1.82, 2.24) is 0 Å². The van der Waals surface area contributed by atoms with E-state index in [1.54, 1.807) is 12.1 Å². The SMILES string of the molecule is Cc1c(OC(=O)c2ccccc2)ccc2c1C=C[C@@]1(C)[C@@H]([C@@H](C)CCCC(C)C)CC[C@@H]21. The lowest BCUT2D eigenvalue weighted by Gasteiger charge is -2.41. The van der Waals surface area contributed by atoms with Crippen molar-refractivity contribution in [2.45, 2.75) is 72.6 Å². The van der Waals surface area contributed by atoms with Gasteiger partial charge in [-0.25, -0.2) is 4.79 Å². The average Bonchev–Trinajstić information content (AvgIpc) is 3.13. The molecule has 1 fully saturated rings. The summed E-state index contributed by atoms with van der Waals surface area (Å²) < 4.78 is 5.78. The van der Waals surface area contributed by atoms with Gasteiger partial charge >= 0.3 is 5.97 Å². The summed E-state index contributed by atoms with van der Waals surface area (Å²) >= 11 is 0. The van der Waals surface area contributed by atoms with Crippen LogP contribution in [0.25, 0.3) is 6.08 Å². The first-order valence-electron chi connectivity index (χ1n) is 12.4. The number of hydrogen-bond donors (Lipinski definition) is 0. The Morgan fingerprint density at radius 2 is 1.81 bits per heavy atom. The number of benzene rings is 2. The fraction of sp³-hybridized carbons (Fsp3) is 0.500. The molecule has 4 rings (SSSR count). The highest BCUT2D eigenvalue weighted by atomic mass is 16.5. The Morgan fingerprint density at radius 1 is 1.06 bits per heavy atom. The van der Waals surface area contributed by atoms with Gasteiger partial charge in [-0.15, -0.1) is 0 Å². The van der Waals surface area contributed by atoms with E-state index in [2.05, 4.69) is 52.8 Å². The maximum absolute atomic E-state index is 12.6. The Balaban J connectivity index is 1.53. The Kier molecular flexibility index (Phi) is 6.60. The molecule has 0 unspecified atom stereocenters. The number of allylic oxidation sites excluding steroid dienone is 1. The van der Waals surface area contributed by atoms with Crippen LogP contribution in [0.1, 0.15) is 92.8 Å². The number of esters is 1. The molecule has 0 aromatic heterocycles. The first-order valence-corrected chi connectivity index (χ1v) is 12.4. The third-order valence-corrected chi connectivity index (χ3v) is 8.14. The Bertz CT molecular complexity index is 987. The van der Waals surface area contributed by atoms with Gasteiger partial charge in [0.2, 0.25) is 0 Å². The van der Waals surface area contributed by atoms with Crippen molar-refractivity contribution in [2.75, 3.05) is 0 Å². The predicted octanol–water partition coefficient (Wildman–Crippen LogP) is 8.20. The van der Waals surface area contributed by atoms with Crippen LogP contribution in [0.4, 0.5) is 0 Å². The van der Waals surface area contributed by atoms with Crippen LogP contribution in [-0.2, 0) is 0 Å². The monoisotopic (exact) mass is 430 g/mol. The second-order valence-electron chi connectivity index (χ2n) is 10.7. The quantitative estimate of drug-likeness (QED) is 0.327. The normalized spacial score (nSPS) is 24.8. The lowest BCUT2D eigenvalue weighted by atomic mass is 9.63. The molecule has 170 valence electrons. The summed E-state index contributed by atoms with van der Waals surface area (Å²) in [5.74, 6) is 3.21. The molecule has 0 heterocycles. The summed E-state index contributed by atoms with van der Waals surface area (Å²) in [5, 5.41) is 0. The van der Waals surface area contributed by atoms with E-state index in [0.717, 1.165) is 23.3 Å². The molecule has 0 radical (unpaired) electrons. The van der Waals surface area contributed by atoms with E-state index in [0.29, 0.717) is 17.2 Å². The minimum absolute atomic E-state index is 0.221. The first kappa shape index (κ1) is 22.8. The molecule has 2 heteroatoms. The summed E-state index contributed by atoms with van der Waals surface area (Å²) in [6, 6.07) is 13.4. The van der Waals surface area contributed by atoms with Gasteiger partial charge in [-0.1, -0.05) is 83.4 Å². The van der Waals surface area contributed by atoms with Crippen molar-refractivity contribution in [3.63, 3.8) is 0 Å². The van der Waals surface area contributed by atoms with Crippen LogP contribution in [-0.4, -0.2) is 5.97 Å². The number of hydrogen-bond acceptors (Lipinski definition) is 2. The van der Waals surface area contributed by atoms with E-state index in [1.807, 2.05) is 24.3 Å². The van der Waals surface area contributed by atoms with Gasteiger partial charge in [-0.3, -0.25) is 0 Å².